The molecule has 2 nitrogen and oxygen atoms in total. The maximum Gasteiger partial charge on any atom is 0.0433 e. The molecule has 0 bridgehead atoms. The highest BCUT2D eigenvalue weighted by Gasteiger charge is 2.17. The lowest BCUT2D eigenvalue weighted by Crippen LogP contribution is -2.42. The molecule has 2 unspecified atom stereocenters. The van der Waals surface area contributed by atoms with Crippen molar-refractivity contribution in [3.63, 3.8) is 0 Å². The van der Waals surface area contributed by atoms with Crippen LogP contribution in [0.15, 0.2) is 43.1 Å². The van der Waals surface area contributed by atoms with Crippen molar-refractivity contribution in [2.45, 2.75) is 38.9 Å². The summed E-state index contributed by atoms with van der Waals surface area (Å²) < 4.78 is 0. The van der Waals surface area contributed by atoms with Gasteiger partial charge < -0.3 is 10.6 Å². The maximum atomic E-state index is 5.99. The summed E-state index contributed by atoms with van der Waals surface area (Å²) in [6.07, 6.45) is 2.93. The van der Waals surface area contributed by atoms with Crippen molar-refractivity contribution in [3.8, 4) is 0 Å². The minimum Gasteiger partial charge on any atom is -0.369 e. The molecule has 0 spiro atoms. The Bertz CT molecular complexity index is 306. The van der Waals surface area contributed by atoms with Gasteiger partial charge in [-0.2, -0.15) is 0 Å². The van der Waals surface area contributed by atoms with E-state index in [2.05, 4.69) is 49.6 Å². The zero-order chi connectivity index (χ0) is 12.0. The van der Waals surface area contributed by atoms with E-state index in [1.165, 1.54) is 5.56 Å². The van der Waals surface area contributed by atoms with Crippen molar-refractivity contribution >= 4 is 0 Å². The number of hydrogen-bond acceptors (Lipinski definition) is 2. The molecule has 2 heteroatoms. The van der Waals surface area contributed by atoms with Gasteiger partial charge in [0.05, 0.1) is 0 Å². The predicted molar refractivity (Wildman–Crippen MR) is 69.9 cm³/mol. The largest absolute Gasteiger partial charge is 0.369 e. The van der Waals surface area contributed by atoms with Crippen LogP contribution in [0.2, 0.25) is 0 Å². The maximum absolute atomic E-state index is 5.99. The average molecular weight is 218 g/mol. The summed E-state index contributed by atoms with van der Waals surface area (Å²) in [5.41, 5.74) is 7.28. The van der Waals surface area contributed by atoms with Crippen LogP contribution in [-0.4, -0.2) is 17.0 Å². The second-order valence-electron chi connectivity index (χ2n) is 4.18. The molecule has 0 aromatic heterocycles. The SMILES string of the molecule is C=CN(Cc1ccccc1)C(CC)C(C)N. The van der Waals surface area contributed by atoms with Crippen LogP contribution in [0.25, 0.3) is 0 Å². The van der Waals surface area contributed by atoms with Gasteiger partial charge in [-0.1, -0.05) is 43.8 Å². The summed E-state index contributed by atoms with van der Waals surface area (Å²) >= 11 is 0. The molecule has 0 aliphatic heterocycles. The minimum absolute atomic E-state index is 0.159. The zero-order valence-electron chi connectivity index (χ0n) is 10.3. The molecule has 0 heterocycles. The Morgan fingerprint density at radius 3 is 2.44 bits per heavy atom. The van der Waals surface area contributed by atoms with Crippen LogP contribution in [0.1, 0.15) is 25.8 Å². The monoisotopic (exact) mass is 218 g/mol. The van der Waals surface area contributed by atoms with Gasteiger partial charge in [0.15, 0.2) is 0 Å². The molecule has 0 aliphatic rings. The number of benzene rings is 1. The lowest BCUT2D eigenvalue weighted by atomic mass is 10.1. The first-order chi connectivity index (χ1) is 7.69. The Morgan fingerprint density at radius 2 is 2.00 bits per heavy atom. The van der Waals surface area contributed by atoms with Crippen LogP contribution in [-0.2, 0) is 6.54 Å². The summed E-state index contributed by atoms with van der Waals surface area (Å²) in [4.78, 5) is 2.22. The van der Waals surface area contributed by atoms with E-state index in [1.807, 2.05) is 12.3 Å². The molecule has 16 heavy (non-hydrogen) atoms. The molecule has 0 amide bonds. The topological polar surface area (TPSA) is 29.3 Å². The van der Waals surface area contributed by atoms with Crippen LogP contribution >= 0.6 is 0 Å². The highest BCUT2D eigenvalue weighted by atomic mass is 15.2. The molecule has 1 rings (SSSR count). The number of nitrogens with two attached hydrogens (primary N) is 1. The Kier molecular flexibility index (Phi) is 5.06. The zero-order valence-corrected chi connectivity index (χ0v) is 10.3. The first-order valence-electron chi connectivity index (χ1n) is 5.86. The molecular formula is C14H22N2. The van der Waals surface area contributed by atoms with Crippen LogP contribution in [0.3, 0.4) is 0 Å². The molecule has 0 fully saturated rings. The number of rotatable bonds is 6. The van der Waals surface area contributed by atoms with Crippen molar-refractivity contribution in [1.29, 1.82) is 0 Å². The van der Waals surface area contributed by atoms with Crippen LogP contribution < -0.4 is 5.73 Å². The Morgan fingerprint density at radius 1 is 1.38 bits per heavy atom. The number of hydrogen-bond donors (Lipinski definition) is 1. The van der Waals surface area contributed by atoms with Gasteiger partial charge in [0.1, 0.15) is 0 Å². The van der Waals surface area contributed by atoms with E-state index in [0.717, 1.165) is 13.0 Å². The van der Waals surface area contributed by atoms with Gasteiger partial charge in [-0.05, 0) is 25.1 Å². The predicted octanol–water partition coefficient (Wildman–Crippen LogP) is 2.76. The van der Waals surface area contributed by atoms with E-state index in [-0.39, 0.29) is 6.04 Å². The first kappa shape index (κ1) is 12.8. The third-order valence-electron chi connectivity index (χ3n) is 2.89. The van der Waals surface area contributed by atoms with Crippen molar-refractivity contribution < 1.29 is 0 Å². The highest BCUT2D eigenvalue weighted by Crippen LogP contribution is 2.13. The molecular weight excluding hydrogens is 196 g/mol. The lowest BCUT2D eigenvalue weighted by molar-refractivity contribution is 0.233. The molecule has 1 aromatic rings. The van der Waals surface area contributed by atoms with Crippen LogP contribution in [0.5, 0.6) is 0 Å². The van der Waals surface area contributed by atoms with Gasteiger partial charge in [-0.25, -0.2) is 0 Å². The smallest absolute Gasteiger partial charge is 0.0433 e. The van der Waals surface area contributed by atoms with Gasteiger partial charge >= 0.3 is 0 Å². The molecule has 0 radical (unpaired) electrons. The summed E-state index contributed by atoms with van der Waals surface area (Å²) in [5, 5.41) is 0. The molecule has 2 atom stereocenters. The van der Waals surface area contributed by atoms with E-state index in [0.29, 0.717) is 6.04 Å². The average Bonchev–Trinajstić information content (AvgIpc) is 2.29. The van der Waals surface area contributed by atoms with Gasteiger partial charge in [0, 0.05) is 18.6 Å². The highest BCUT2D eigenvalue weighted by molar-refractivity contribution is 5.15. The fraction of sp³-hybridized carbons (Fsp3) is 0.429. The summed E-state index contributed by atoms with van der Waals surface area (Å²) in [6, 6.07) is 10.9. The molecule has 0 saturated carbocycles. The fourth-order valence-corrected chi connectivity index (χ4v) is 2.02. The second kappa shape index (κ2) is 6.33. The van der Waals surface area contributed by atoms with Crippen molar-refractivity contribution in [2.24, 2.45) is 5.73 Å². The number of nitrogens with zero attached hydrogens (tertiary/aromatic N) is 1. The molecule has 0 aliphatic carbocycles. The summed E-state index contributed by atoms with van der Waals surface area (Å²) in [5.74, 6) is 0. The quantitative estimate of drug-likeness (QED) is 0.795. The van der Waals surface area contributed by atoms with Gasteiger partial charge in [-0.15, -0.1) is 0 Å². The van der Waals surface area contributed by atoms with Crippen molar-refractivity contribution in [3.05, 3.63) is 48.7 Å². The van der Waals surface area contributed by atoms with Crippen molar-refractivity contribution in [1.82, 2.24) is 4.90 Å². The van der Waals surface area contributed by atoms with E-state index >= 15 is 0 Å². The third kappa shape index (κ3) is 3.38. The van der Waals surface area contributed by atoms with E-state index in [9.17, 15) is 0 Å². The first-order valence-corrected chi connectivity index (χ1v) is 5.86. The van der Waals surface area contributed by atoms with E-state index < -0.39 is 0 Å². The van der Waals surface area contributed by atoms with Crippen LogP contribution in [0, 0.1) is 0 Å². The molecule has 2 N–H and O–H groups in total. The molecule has 0 saturated heterocycles. The standard InChI is InChI=1S/C14H22N2/c1-4-14(12(3)15)16(5-2)11-13-9-7-6-8-10-13/h5-10,12,14H,2,4,11,15H2,1,3H3. The van der Waals surface area contributed by atoms with Crippen LogP contribution in [0.4, 0.5) is 0 Å². The fourth-order valence-electron chi connectivity index (χ4n) is 2.02. The summed E-state index contributed by atoms with van der Waals surface area (Å²) in [6.45, 7) is 8.97. The molecule has 1 aromatic carbocycles. The van der Waals surface area contributed by atoms with Gasteiger partial charge in [0.25, 0.3) is 0 Å². The van der Waals surface area contributed by atoms with E-state index in [4.69, 9.17) is 5.73 Å². The lowest BCUT2D eigenvalue weighted by Gasteiger charge is -2.32. The van der Waals surface area contributed by atoms with Crippen molar-refractivity contribution in [2.75, 3.05) is 0 Å². The molecule has 88 valence electrons. The van der Waals surface area contributed by atoms with E-state index in [1.54, 1.807) is 0 Å². The minimum atomic E-state index is 0.159. The Balaban J connectivity index is 2.71. The summed E-state index contributed by atoms with van der Waals surface area (Å²) in [7, 11) is 0. The van der Waals surface area contributed by atoms with Gasteiger partial charge in [0.2, 0.25) is 0 Å². The van der Waals surface area contributed by atoms with Gasteiger partial charge in [-0.3, -0.25) is 0 Å². The third-order valence-corrected chi connectivity index (χ3v) is 2.89. The second-order valence-corrected chi connectivity index (χ2v) is 4.18. The Hall–Kier alpha value is -1.28. The Labute approximate surface area is 98.8 Å². The normalized spacial score (nSPS) is 14.2.